The van der Waals surface area contributed by atoms with Crippen LogP contribution < -0.4 is 11.1 Å². The number of alkyl halides is 1. The van der Waals surface area contributed by atoms with Crippen molar-refractivity contribution in [2.24, 2.45) is 57.5 Å². The van der Waals surface area contributed by atoms with Crippen LogP contribution in [0, 0.1) is 51.8 Å². The van der Waals surface area contributed by atoms with Gasteiger partial charge in [0.15, 0.2) is 0 Å². The van der Waals surface area contributed by atoms with Gasteiger partial charge in [0.1, 0.15) is 0 Å². The summed E-state index contributed by atoms with van der Waals surface area (Å²) in [4.78, 5) is 11.4. The standard InChI is InChI=1S/C39H63FN2O3.C4H8/c1-26-30(28(7-6-21-40)9-12-35(43)44)13-17-36(2)31(26)14-18-38(4)34(36)11-10-32-33-8-5-16-39(33,20-19-37(32,38)3)42-22-15-27-23-29(24-41)45-25-27;1-4(2)3/h7,13,26-27,29,31-34,42H,5-6,8-12,14-25,41H2,1-4H3,(H,43,44);1H2,2-3H3/b28-7+;/t26?,27?,29?,31?,32?,33-,34?,36?,37-,38?,39?;/m1./s1. The van der Waals surface area contributed by atoms with E-state index in [1.807, 2.05) is 19.9 Å². The molecule has 4 N–H and O–H groups in total. The summed E-state index contributed by atoms with van der Waals surface area (Å²) in [6, 6.07) is 0. The number of aliphatic carboxylic acids is 1. The molecule has 0 aromatic heterocycles. The van der Waals surface area contributed by atoms with Gasteiger partial charge in [0.05, 0.1) is 12.8 Å². The summed E-state index contributed by atoms with van der Waals surface area (Å²) in [5.41, 5.74) is 10.8. The highest BCUT2D eigenvalue weighted by Gasteiger charge is 2.68. The van der Waals surface area contributed by atoms with Gasteiger partial charge in [0, 0.05) is 25.1 Å². The molecular weight excluding hydrogens is 611 g/mol. The van der Waals surface area contributed by atoms with E-state index in [0.717, 1.165) is 43.4 Å². The molecule has 49 heavy (non-hydrogen) atoms. The number of carboxylic acid groups (broad SMARTS) is 1. The van der Waals surface area contributed by atoms with Crippen LogP contribution in [0.15, 0.2) is 35.5 Å². The highest BCUT2D eigenvalue weighted by atomic mass is 19.1. The Morgan fingerprint density at radius 1 is 1.06 bits per heavy atom. The van der Waals surface area contributed by atoms with Gasteiger partial charge in [-0.1, -0.05) is 51.8 Å². The molecule has 6 heteroatoms. The Labute approximate surface area is 298 Å². The number of nitrogens with one attached hydrogen (secondary N) is 1. The molecule has 5 nitrogen and oxygen atoms in total. The molecule has 0 aromatic carbocycles. The van der Waals surface area contributed by atoms with Crippen molar-refractivity contribution in [2.45, 2.75) is 149 Å². The molecule has 1 saturated heterocycles. The molecule has 0 amide bonds. The van der Waals surface area contributed by atoms with Crippen molar-refractivity contribution in [1.29, 1.82) is 0 Å². The maximum absolute atomic E-state index is 13.2. The molecule has 0 spiro atoms. The molecule has 5 fully saturated rings. The number of carboxylic acids is 1. The second-order valence-electron chi connectivity index (χ2n) is 18.3. The Bertz CT molecular complexity index is 1240. The van der Waals surface area contributed by atoms with Gasteiger partial charge in [-0.3, -0.25) is 9.18 Å². The minimum absolute atomic E-state index is 0.117. The van der Waals surface area contributed by atoms with Crippen molar-refractivity contribution in [2.75, 3.05) is 26.4 Å². The largest absolute Gasteiger partial charge is 0.481 e. The van der Waals surface area contributed by atoms with Gasteiger partial charge < -0.3 is 20.9 Å². The molecule has 6 aliphatic rings. The van der Waals surface area contributed by atoms with Crippen molar-refractivity contribution in [1.82, 2.24) is 5.32 Å². The zero-order valence-electron chi connectivity index (χ0n) is 32.1. The number of carbonyl (C=O) groups is 1. The lowest BCUT2D eigenvalue weighted by Gasteiger charge is -2.71. The average Bonchev–Trinajstić information content (AvgIpc) is 3.69. The molecule has 1 aliphatic heterocycles. The molecule has 9 unspecified atom stereocenters. The topological polar surface area (TPSA) is 84.6 Å². The van der Waals surface area contributed by atoms with Crippen LogP contribution in [-0.2, 0) is 9.53 Å². The molecule has 0 bridgehead atoms. The van der Waals surface area contributed by atoms with Gasteiger partial charge in [-0.25, -0.2) is 0 Å². The number of hydrogen-bond donors (Lipinski definition) is 3. The van der Waals surface area contributed by atoms with Gasteiger partial charge in [0.2, 0.25) is 0 Å². The molecule has 278 valence electrons. The first-order valence-corrected chi connectivity index (χ1v) is 20.1. The Balaban J connectivity index is 0.00000111. The number of ether oxygens (including phenoxy) is 1. The summed E-state index contributed by atoms with van der Waals surface area (Å²) >= 11 is 0. The van der Waals surface area contributed by atoms with E-state index in [1.54, 1.807) is 0 Å². The molecule has 0 radical (unpaired) electrons. The summed E-state index contributed by atoms with van der Waals surface area (Å²) in [7, 11) is 0. The van der Waals surface area contributed by atoms with Gasteiger partial charge in [-0.2, -0.15) is 0 Å². The van der Waals surface area contributed by atoms with Gasteiger partial charge in [-0.15, -0.1) is 6.58 Å². The van der Waals surface area contributed by atoms with Crippen LogP contribution in [0.4, 0.5) is 4.39 Å². The summed E-state index contributed by atoms with van der Waals surface area (Å²) in [6.07, 6.45) is 21.2. The number of fused-ring (bicyclic) bond motifs is 7. The third-order valence-electron chi connectivity index (χ3n) is 15.5. The molecular formula is C43H71FN2O3. The van der Waals surface area contributed by atoms with E-state index in [2.05, 4.69) is 45.7 Å². The van der Waals surface area contributed by atoms with Crippen LogP contribution in [0.1, 0.15) is 138 Å². The van der Waals surface area contributed by atoms with E-state index in [0.29, 0.717) is 59.4 Å². The van der Waals surface area contributed by atoms with Crippen molar-refractivity contribution < 1.29 is 19.0 Å². The van der Waals surface area contributed by atoms with Gasteiger partial charge >= 0.3 is 5.97 Å². The molecule has 11 atom stereocenters. The van der Waals surface area contributed by atoms with Crippen LogP contribution in [-0.4, -0.2) is 49.1 Å². The maximum Gasteiger partial charge on any atom is 0.303 e. The SMILES string of the molecule is C=C(C)C.CC1C(/C(=C/CCF)CCC(=O)O)=CCC2(C)C1CCC1(C)C2CCC2[C@H]3CCCC3(NCCC3COC(CN)C3)CC[C@]21C. The molecule has 5 aliphatic carbocycles. The zero-order chi connectivity index (χ0) is 35.6. The highest BCUT2D eigenvalue weighted by Crippen LogP contribution is 2.75. The smallest absolute Gasteiger partial charge is 0.303 e. The van der Waals surface area contributed by atoms with E-state index < -0.39 is 5.97 Å². The fourth-order valence-electron chi connectivity index (χ4n) is 13.0. The number of allylic oxidation sites excluding steroid dienone is 5. The van der Waals surface area contributed by atoms with Crippen molar-refractivity contribution in [3.05, 3.63) is 35.5 Å². The zero-order valence-corrected chi connectivity index (χ0v) is 32.1. The van der Waals surface area contributed by atoms with Crippen molar-refractivity contribution in [3.8, 4) is 0 Å². The summed E-state index contributed by atoms with van der Waals surface area (Å²) in [5, 5.41) is 13.6. The lowest BCUT2D eigenvalue weighted by molar-refractivity contribution is -0.212. The highest BCUT2D eigenvalue weighted by molar-refractivity contribution is 5.67. The third-order valence-corrected chi connectivity index (χ3v) is 15.5. The Kier molecular flexibility index (Phi) is 12.3. The van der Waals surface area contributed by atoms with Gasteiger partial charge in [0.25, 0.3) is 0 Å². The van der Waals surface area contributed by atoms with E-state index in [4.69, 9.17) is 10.5 Å². The van der Waals surface area contributed by atoms with E-state index in [9.17, 15) is 14.3 Å². The number of hydrogen-bond acceptors (Lipinski definition) is 4. The second kappa shape index (κ2) is 15.6. The lowest BCUT2D eigenvalue weighted by Crippen LogP contribution is -2.67. The number of halogens is 1. The van der Waals surface area contributed by atoms with E-state index in [1.165, 1.54) is 75.4 Å². The van der Waals surface area contributed by atoms with Crippen LogP contribution in [0.25, 0.3) is 0 Å². The summed E-state index contributed by atoms with van der Waals surface area (Å²) in [6.45, 7) is 20.2. The third kappa shape index (κ3) is 7.41. The first-order valence-electron chi connectivity index (χ1n) is 20.1. The van der Waals surface area contributed by atoms with E-state index in [-0.39, 0.29) is 24.6 Å². The Morgan fingerprint density at radius 2 is 1.82 bits per heavy atom. The van der Waals surface area contributed by atoms with Gasteiger partial charge in [-0.05, 0) is 167 Å². The van der Waals surface area contributed by atoms with Crippen LogP contribution in [0.2, 0.25) is 0 Å². The quantitative estimate of drug-likeness (QED) is 0.189. The second-order valence-corrected chi connectivity index (χ2v) is 18.3. The fraction of sp³-hybridized carbons (Fsp3) is 0.837. The average molecular weight is 683 g/mol. The maximum atomic E-state index is 13.2. The molecule has 4 saturated carbocycles. The first-order chi connectivity index (χ1) is 23.2. The number of rotatable bonds is 11. The predicted octanol–water partition coefficient (Wildman–Crippen LogP) is 9.82. The van der Waals surface area contributed by atoms with Crippen LogP contribution in [0.3, 0.4) is 0 Å². The normalized spacial score (nSPS) is 42.9. The molecule has 6 rings (SSSR count). The van der Waals surface area contributed by atoms with Crippen molar-refractivity contribution >= 4 is 5.97 Å². The van der Waals surface area contributed by atoms with Crippen LogP contribution >= 0.6 is 0 Å². The molecule has 1 heterocycles. The van der Waals surface area contributed by atoms with E-state index >= 15 is 0 Å². The minimum Gasteiger partial charge on any atom is -0.481 e. The first kappa shape index (κ1) is 38.7. The number of nitrogens with two attached hydrogens (primary N) is 1. The summed E-state index contributed by atoms with van der Waals surface area (Å²) in [5.74, 6) is 3.18. The monoisotopic (exact) mass is 683 g/mol. The van der Waals surface area contributed by atoms with Crippen molar-refractivity contribution in [3.63, 3.8) is 0 Å². The van der Waals surface area contributed by atoms with Crippen LogP contribution in [0.5, 0.6) is 0 Å². The lowest BCUT2D eigenvalue weighted by atomic mass is 9.34. The Hall–Kier alpha value is -1.50. The Morgan fingerprint density at radius 3 is 2.49 bits per heavy atom. The molecule has 0 aromatic rings. The summed E-state index contributed by atoms with van der Waals surface area (Å²) < 4.78 is 19.1. The minimum atomic E-state index is -0.772. The predicted molar refractivity (Wildman–Crippen MR) is 200 cm³/mol. The fourth-order valence-corrected chi connectivity index (χ4v) is 13.0.